The molecule has 1 fully saturated rings. The molecule has 1 aliphatic carbocycles. The van der Waals surface area contributed by atoms with E-state index in [9.17, 15) is 34.8 Å². The predicted octanol–water partition coefficient (Wildman–Crippen LogP) is 12.2. The molecule has 5 heterocycles. The number of piperidine rings is 1. The Balaban J connectivity index is 0.000000244. The summed E-state index contributed by atoms with van der Waals surface area (Å²) in [6.45, 7) is 23.7. The molecule has 0 radical (unpaired) electrons. The largest absolute Gasteiger partial charge is 0.507 e. The van der Waals surface area contributed by atoms with Gasteiger partial charge in [0.1, 0.15) is 28.6 Å². The third kappa shape index (κ3) is 14.0. The third-order valence-electron chi connectivity index (χ3n) is 18.2. The van der Waals surface area contributed by atoms with Crippen LogP contribution in [0.1, 0.15) is 105 Å². The summed E-state index contributed by atoms with van der Waals surface area (Å²) in [4.78, 5) is 63.5. The quantitative estimate of drug-likeness (QED) is 0.0470. The summed E-state index contributed by atoms with van der Waals surface area (Å²) in [6.07, 6.45) is 5.04. The lowest BCUT2D eigenvalue weighted by atomic mass is 9.78. The minimum atomic E-state index is -1.96. The Morgan fingerprint density at radius 3 is 2.16 bits per heavy atom. The average molecular weight is 1320 g/mol. The number of carbonyl (C=O) groups excluding carboxylic acids is 3. The highest BCUT2D eigenvalue weighted by Crippen LogP contribution is 2.50. The molecular weight excluding hydrogens is 1240 g/mol. The number of anilines is 3. The lowest BCUT2D eigenvalue weighted by Crippen LogP contribution is -2.46. The number of para-hydroxylation sites is 2. The van der Waals surface area contributed by atoms with Crippen LogP contribution in [0.25, 0.3) is 38.9 Å². The van der Waals surface area contributed by atoms with Crippen molar-refractivity contribution in [2.24, 2.45) is 44.6 Å². The lowest BCUT2D eigenvalue weighted by molar-refractivity contribution is -0.160. The molecule has 9 atom stereocenters. The van der Waals surface area contributed by atoms with Crippen LogP contribution in [0.3, 0.4) is 0 Å². The first-order valence-corrected chi connectivity index (χ1v) is 32.7. The maximum absolute atomic E-state index is 14.7. The number of Topliss-reactive ketones (excluding diaryl/α,β-unsaturated/α-hetero) is 1. The van der Waals surface area contributed by atoms with Crippen LogP contribution in [0.5, 0.6) is 17.2 Å². The zero-order valence-electron chi connectivity index (χ0n) is 55.4. The molecule has 0 aromatic heterocycles. The Kier molecular flexibility index (Phi) is 20.5. The van der Waals surface area contributed by atoms with Crippen LogP contribution in [-0.2, 0) is 23.8 Å². The highest BCUT2D eigenvalue weighted by molar-refractivity contribution is 6.31. The number of methoxy groups -OCH3 is 1. The van der Waals surface area contributed by atoms with Crippen molar-refractivity contribution >= 4 is 79.7 Å². The summed E-state index contributed by atoms with van der Waals surface area (Å²) in [6, 6.07) is 27.9. The fourth-order valence-electron chi connectivity index (χ4n) is 13.1. The van der Waals surface area contributed by atoms with Gasteiger partial charge in [-0.1, -0.05) is 95.1 Å². The second-order valence-corrected chi connectivity index (χ2v) is 27.0. The fraction of sp³-hybridized carbons (Fsp3) is 0.411. The number of rotatable bonds is 8. The van der Waals surface area contributed by atoms with Crippen molar-refractivity contribution in [1.82, 2.24) is 14.5 Å². The molecule has 1 spiro atoms. The summed E-state index contributed by atoms with van der Waals surface area (Å²) < 4.78 is 26.2. The number of aromatic nitrogens is 2. The zero-order valence-corrected chi connectivity index (χ0v) is 56.9. The molecule has 1 amide bonds. The van der Waals surface area contributed by atoms with Gasteiger partial charge in [0, 0.05) is 121 Å². The SMILES string of the molecule is CC(C)N=c1cc2n(-c3ccc(Cl)cc3)c3ccccc3nc-2cc1Nc1ccc(Cl)cc1.CO[C@H]1/C=C/O[C@@]2(C)Oc3c(C)c(O)c4c(O)c(c5c(c4c3C2=O)=NC2(CCN(CC(C)C)CC2)N=5)NC(=O)/C(C)=C\C=C\[C@H](C)[C@H](O)[C@@H](C)[C@@H](O)[C@@H](C)[C@H](OC(C)=O)[C@@H]1C. The Hall–Kier alpha value is -8.17. The minimum Gasteiger partial charge on any atom is -0.507 e. The second-order valence-electron chi connectivity index (χ2n) is 26.1. The first-order chi connectivity index (χ1) is 44.6. The van der Waals surface area contributed by atoms with E-state index in [4.69, 9.17) is 62.1 Å². The molecule has 5 aromatic carbocycles. The molecule has 21 heteroatoms. The number of nitrogens with zero attached hydrogens (tertiary/aromatic N) is 6. The van der Waals surface area contributed by atoms with Gasteiger partial charge in [0.25, 0.3) is 11.7 Å². The number of benzene rings is 6. The summed E-state index contributed by atoms with van der Waals surface area (Å²) in [5.74, 6) is -6.44. The molecule has 5 aliphatic heterocycles. The number of fused-ring (bicyclic) bond motifs is 3. The minimum absolute atomic E-state index is 0.0364. The van der Waals surface area contributed by atoms with E-state index >= 15 is 0 Å². The van der Waals surface area contributed by atoms with Gasteiger partial charge in [-0.2, -0.15) is 0 Å². The number of hydrogen-bond acceptors (Lipinski definition) is 17. The highest BCUT2D eigenvalue weighted by Gasteiger charge is 2.50. The van der Waals surface area contributed by atoms with E-state index in [0.717, 1.165) is 51.4 Å². The van der Waals surface area contributed by atoms with Gasteiger partial charge in [-0.25, -0.2) is 4.98 Å². The van der Waals surface area contributed by atoms with Crippen LogP contribution in [0.2, 0.25) is 10.0 Å². The van der Waals surface area contributed by atoms with Crippen LogP contribution in [0.15, 0.2) is 136 Å². The number of hydrogen-bond donors (Lipinski definition) is 6. The van der Waals surface area contributed by atoms with Gasteiger partial charge < -0.3 is 59.5 Å². The van der Waals surface area contributed by atoms with Gasteiger partial charge in [-0.3, -0.25) is 29.4 Å². The fourth-order valence-corrected chi connectivity index (χ4v) is 13.3. The van der Waals surface area contributed by atoms with Crippen molar-refractivity contribution in [3.8, 4) is 34.3 Å². The van der Waals surface area contributed by atoms with E-state index in [1.54, 1.807) is 65.8 Å². The number of aromatic hydroxyl groups is 2. The van der Waals surface area contributed by atoms with E-state index in [2.05, 4.69) is 66.0 Å². The van der Waals surface area contributed by atoms with Gasteiger partial charge in [-0.05, 0) is 112 Å². The molecule has 4 bridgehead atoms. The first kappa shape index (κ1) is 68.7. The third-order valence-corrected chi connectivity index (χ3v) is 18.7. The molecule has 19 nitrogen and oxygen atoms in total. The standard InChI is InChI=1S/C46H62N4O11.C27H22Cl2N4/c1-22(2)21-50-18-16-46(17-19-50)48-34-31-32-39(54)28(8)42-33(31)43(56)45(10,61-42)59-20-15-30(58-11)25(5)41(60-29(9)51)27(7)38(53)26(6)37(52)23(3)13-12-14-24(4)44(57)47-36(40(32)55)35(34)49-46;1-17(2)30-24-16-27-25(15-23(24)31-20-11-7-18(28)8-12-20)32-22-5-3-4-6-26(22)33(27)21-13-9-19(29)10-14-21/h12-15,20,22-23,25-27,30,37-38,41,52-55H,16-19,21H2,1-11H3,(H,47,57);3-17,31H,1-2H3/b13-12+,20-15+,24-14-;/t23-,25+,26+,27+,30-,37-,38+,41+,45-;/m0./s1. The van der Waals surface area contributed by atoms with Crippen LogP contribution < -0.4 is 31.4 Å². The number of carbonyl (C=O) groups is 3. The number of likely N-dealkylation sites (tertiary alicyclic amines) is 1. The van der Waals surface area contributed by atoms with Crippen molar-refractivity contribution in [2.45, 2.75) is 138 Å². The van der Waals surface area contributed by atoms with Crippen LogP contribution in [0.4, 0.5) is 17.1 Å². The van der Waals surface area contributed by atoms with Gasteiger partial charge in [0.2, 0.25) is 0 Å². The molecule has 5 aromatic rings. The predicted molar refractivity (Wildman–Crippen MR) is 366 cm³/mol. The van der Waals surface area contributed by atoms with Crippen molar-refractivity contribution < 1.29 is 53.8 Å². The molecule has 0 unspecified atom stereocenters. The number of esters is 1. The van der Waals surface area contributed by atoms with Crippen molar-refractivity contribution in [2.75, 3.05) is 37.4 Å². The number of allylic oxidation sites excluding steroid dienone is 2. The molecule has 6 aliphatic rings. The number of nitrogens with one attached hydrogen (secondary N) is 2. The summed E-state index contributed by atoms with van der Waals surface area (Å²) >= 11 is 12.2. The molecule has 496 valence electrons. The summed E-state index contributed by atoms with van der Waals surface area (Å²) in [7, 11) is 1.47. The Morgan fingerprint density at radius 1 is 0.851 bits per heavy atom. The number of amides is 1. The van der Waals surface area contributed by atoms with E-state index < -0.39 is 82.9 Å². The van der Waals surface area contributed by atoms with Crippen molar-refractivity contribution in [1.29, 1.82) is 0 Å². The molecule has 6 N–H and O–H groups in total. The van der Waals surface area contributed by atoms with Crippen LogP contribution >= 0.6 is 23.2 Å². The number of halogens is 2. The smallest absolute Gasteiger partial charge is 0.312 e. The lowest BCUT2D eigenvalue weighted by Gasteiger charge is -2.38. The van der Waals surface area contributed by atoms with Crippen molar-refractivity contribution in [3.05, 3.63) is 158 Å². The molecule has 0 saturated carbocycles. The monoisotopic (exact) mass is 1320 g/mol. The van der Waals surface area contributed by atoms with E-state index in [1.807, 2.05) is 66.7 Å². The number of aliphatic hydroxyl groups is 2. The number of phenolic OH excluding ortho intramolecular Hbond substituents is 2. The van der Waals surface area contributed by atoms with Gasteiger partial charge in [-0.15, -0.1) is 0 Å². The number of ether oxygens (including phenoxy) is 4. The maximum Gasteiger partial charge on any atom is 0.312 e. The Bertz CT molecular complexity index is 4310. The number of ketones is 1. The second kappa shape index (κ2) is 28.0. The van der Waals surface area contributed by atoms with Crippen LogP contribution in [0, 0.1) is 36.5 Å². The van der Waals surface area contributed by atoms with Crippen LogP contribution in [-0.4, -0.2) is 121 Å². The summed E-state index contributed by atoms with van der Waals surface area (Å²) in [5, 5.41) is 55.9. The first-order valence-electron chi connectivity index (χ1n) is 32.0. The van der Waals surface area contributed by atoms with E-state index in [-0.39, 0.29) is 61.4 Å². The molecule has 1 saturated heterocycles. The highest BCUT2D eigenvalue weighted by atomic mass is 35.5. The number of aliphatic hydroxyl groups excluding tert-OH is 2. The topological polar surface area (TPSA) is 251 Å². The normalized spacial score (nSPS) is 25.4. The van der Waals surface area contributed by atoms with E-state index in [1.165, 1.54) is 27.2 Å². The Labute approximate surface area is 557 Å². The molecular formula is C73H84Cl2N8O11. The Morgan fingerprint density at radius 2 is 1.51 bits per heavy atom. The number of phenols is 2. The molecule has 11 rings (SSSR count). The van der Waals surface area contributed by atoms with Gasteiger partial charge in [0.15, 0.2) is 11.4 Å². The molecule has 94 heavy (non-hydrogen) atoms. The van der Waals surface area contributed by atoms with Gasteiger partial charge in [0.05, 0.1) is 74.3 Å². The van der Waals surface area contributed by atoms with E-state index in [0.29, 0.717) is 41.9 Å². The van der Waals surface area contributed by atoms with Gasteiger partial charge >= 0.3 is 11.8 Å². The average Bonchev–Trinajstić information content (AvgIpc) is 1.51. The maximum atomic E-state index is 14.7. The zero-order chi connectivity index (χ0) is 67.8. The van der Waals surface area contributed by atoms with Crippen molar-refractivity contribution in [3.63, 3.8) is 0 Å². The summed E-state index contributed by atoms with van der Waals surface area (Å²) in [5.41, 5.74) is 6.02.